The number of aromatic nitrogens is 2. The summed E-state index contributed by atoms with van der Waals surface area (Å²) in [5.74, 6) is -0.658. The summed E-state index contributed by atoms with van der Waals surface area (Å²) in [6, 6.07) is 7.20. The van der Waals surface area contributed by atoms with E-state index >= 15 is 0 Å². The Kier molecular flexibility index (Phi) is 3.90. The predicted molar refractivity (Wildman–Crippen MR) is 74.5 cm³/mol. The molecule has 0 aliphatic heterocycles. The molecule has 19 heavy (non-hydrogen) atoms. The Hall–Kier alpha value is -1.81. The number of nitrogens with zero attached hydrogens (tertiary/aromatic N) is 2. The lowest BCUT2D eigenvalue weighted by Crippen LogP contribution is -2.07. The van der Waals surface area contributed by atoms with Crippen LogP contribution in [0.2, 0.25) is 5.02 Å². The third-order valence-electron chi connectivity index (χ3n) is 2.73. The molecule has 0 aliphatic rings. The molecule has 1 aromatic heterocycles. The summed E-state index contributed by atoms with van der Waals surface area (Å²) < 4.78 is 1.84. The fourth-order valence-corrected chi connectivity index (χ4v) is 2.23. The van der Waals surface area contributed by atoms with Crippen LogP contribution >= 0.6 is 11.6 Å². The minimum absolute atomic E-state index is 0.0359. The number of carboxylic acids is 1. The van der Waals surface area contributed by atoms with E-state index in [1.54, 1.807) is 12.4 Å². The molecule has 0 unspecified atom stereocenters. The first-order chi connectivity index (χ1) is 9.00. The van der Waals surface area contributed by atoms with Gasteiger partial charge < -0.3 is 9.67 Å². The molecule has 0 fully saturated rings. The van der Waals surface area contributed by atoms with Gasteiger partial charge in [0.2, 0.25) is 0 Å². The lowest BCUT2D eigenvalue weighted by atomic mass is 10.1. The lowest BCUT2D eigenvalue weighted by Gasteiger charge is -2.12. The number of rotatable bonds is 4. The van der Waals surface area contributed by atoms with Gasteiger partial charge in [0.1, 0.15) is 0 Å². The molecule has 5 heteroatoms. The molecule has 0 bridgehead atoms. The third-order valence-corrected chi connectivity index (χ3v) is 3.06. The summed E-state index contributed by atoms with van der Waals surface area (Å²) >= 11 is 6.17. The zero-order valence-electron chi connectivity index (χ0n) is 10.8. The van der Waals surface area contributed by atoms with Gasteiger partial charge in [0.25, 0.3) is 0 Å². The first-order valence-corrected chi connectivity index (χ1v) is 6.41. The van der Waals surface area contributed by atoms with Crippen LogP contribution < -0.4 is 0 Å². The van der Waals surface area contributed by atoms with Crippen molar-refractivity contribution in [2.24, 2.45) is 5.92 Å². The van der Waals surface area contributed by atoms with Gasteiger partial charge in [0.05, 0.1) is 12.0 Å². The second-order valence-electron chi connectivity index (χ2n) is 4.77. The summed E-state index contributed by atoms with van der Waals surface area (Å²) in [7, 11) is 0. The molecule has 0 atom stereocenters. The number of carboxylic acid groups (broad SMARTS) is 1. The van der Waals surface area contributed by atoms with E-state index in [4.69, 9.17) is 11.6 Å². The maximum absolute atomic E-state index is 11.3. The van der Waals surface area contributed by atoms with Gasteiger partial charge >= 0.3 is 5.97 Å². The van der Waals surface area contributed by atoms with Crippen LogP contribution in [0, 0.1) is 5.92 Å². The number of hydrogen-bond donors (Lipinski definition) is 1. The van der Waals surface area contributed by atoms with Gasteiger partial charge in [0.15, 0.2) is 5.69 Å². The molecule has 1 aromatic carbocycles. The molecule has 0 saturated heterocycles. The Balaban J connectivity index is 2.61. The maximum Gasteiger partial charge on any atom is 0.356 e. The largest absolute Gasteiger partial charge is 0.476 e. The number of benzene rings is 1. The molecule has 0 amide bonds. The number of imidazole rings is 1. The molecule has 0 aliphatic carbocycles. The lowest BCUT2D eigenvalue weighted by molar-refractivity contribution is 0.0692. The van der Waals surface area contributed by atoms with Crippen molar-refractivity contribution >= 4 is 17.6 Å². The van der Waals surface area contributed by atoms with E-state index < -0.39 is 5.97 Å². The third kappa shape index (κ3) is 2.79. The first kappa shape index (κ1) is 13.6. The summed E-state index contributed by atoms with van der Waals surface area (Å²) in [6.07, 6.45) is 1.56. The van der Waals surface area contributed by atoms with Crippen LogP contribution in [0.1, 0.15) is 24.3 Å². The zero-order valence-corrected chi connectivity index (χ0v) is 11.6. The second-order valence-corrected chi connectivity index (χ2v) is 5.18. The topological polar surface area (TPSA) is 55.1 Å². The Labute approximate surface area is 116 Å². The predicted octanol–water partition coefficient (Wildman–Crippen LogP) is 3.56. The summed E-state index contributed by atoms with van der Waals surface area (Å²) in [4.78, 5) is 15.3. The summed E-state index contributed by atoms with van der Waals surface area (Å²) in [5, 5.41) is 9.77. The molecular formula is C14H15ClN2O2. The van der Waals surface area contributed by atoms with Crippen molar-refractivity contribution in [3.63, 3.8) is 0 Å². The maximum atomic E-state index is 11.3. The highest BCUT2D eigenvalue weighted by Crippen LogP contribution is 2.30. The van der Waals surface area contributed by atoms with Crippen molar-refractivity contribution < 1.29 is 9.90 Å². The molecular weight excluding hydrogens is 264 g/mol. The second kappa shape index (κ2) is 5.45. The standard InChI is InChI=1S/C14H15ClN2O2/c1-9(2)7-17-8-16-12(14(18)19)13(17)10-5-3-4-6-11(10)15/h3-6,8-9H,7H2,1-2H3,(H,18,19). The molecule has 4 nitrogen and oxygen atoms in total. The minimum atomic E-state index is -1.04. The average molecular weight is 279 g/mol. The highest BCUT2D eigenvalue weighted by molar-refractivity contribution is 6.33. The highest BCUT2D eigenvalue weighted by atomic mass is 35.5. The first-order valence-electron chi connectivity index (χ1n) is 6.04. The Morgan fingerprint density at radius 3 is 2.68 bits per heavy atom. The molecule has 0 saturated carbocycles. The quantitative estimate of drug-likeness (QED) is 0.930. The van der Waals surface area contributed by atoms with Gasteiger partial charge in [0, 0.05) is 17.1 Å². The van der Waals surface area contributed by atoms with Gasteiger partial charge in [-0.2, -0.15) is 0 Å². The van der Waals surface area contributed by atoms with E-state index in [-0.39, 0.29) is 5.69 Å². The van der Waals surface area contributed by atoms with E-state index in [0.717, 1.165) is 0 Å². The number of carbonyl (C=O) groups is 1. The van der Waals surface area contributed by atoms with Crippen molar-refractivity contribution in [3.05, 3.63) is 41.3 Å². The van der Waals surface area contributed by atoms with Gasteiger partial charge in [-0.25, -0.2) is 9.78 Å². The Morgan fingerprint density at radius 2 is 2.11 bits per heavy atom. The van der Waals surface area contributed by atoms with E-state index in [2.05, 4.69) is 18.8 Å². The molecule has 0 radical (unpaired) electrons. The summed E-state index contributed by atoms with van der Waals surface area (Å²) in [5.41, 5.74) is 1.29. The fourth-order valence-electron chi connectivity index (χ4n) is 2.01. The monoisotopic (exact) mass is 278 g/mol. The SMILES string of the molecule is CC(C)Cn1cnc(C(=O)O)c1-c1ccccc1Cl. The van der Waals surface area contributed by atoms with Crippen molar-refractivity contribution in [1.29, 1.82) is 0 Å². The van der Waals surface area contributed by atoms with E-state index in [0.29, 0.717) is 28.7 Å². The van der Waals surface area contributed by atoms with Crippen LogP contribution in [-0.4, -0.2) is 20.6 Å². The Morgan fingerprint density at radius 1 is 1.42 bits per heavy atom. The van der Waals surface area contributed by atoms with Crippen LogP contribution in [0.5, 0.6) is 0 Å². The molecule has 2 aromatic rings. The number of hydrogen-bond acceptors (Lipinski definition) is 2. The van der Waals surface area contributed by atoms with Gasteiger partial charge in [-0.3, -0.25) is 0 Å². The van der Waals surface area contributed by atoms with E-state index in [9.17, 15) is 9.90 Å². The summed E-state index contributed by atoms with van der Waals surface area (Å²) in [6.45, 7) is 4.83. The van der Waals surface area contributed by atoms with Crippen LogP contribution in [0.4, 0.5) is 0 Å². The van der Waals surface area contributed by atoms with Crippen LogP contribution in [0.25, 0.3) is 11.3 Å². The number of aromatic carboxylic acids is 1. The highest BCUT2D eigenvalue weighted by Gasteiger charge is 2.20. The van der Waals surface area contributed by atoms with Crippen molar-refractivity contribution in [2.75, 3.05) is 0 Å². The molecule has 1 N–H and O–H groups in total. The van der Waals surface area contributed by atoms with Gasteiger partial charge in [-0.15, -0.1) is 0 Å². The fraction of sp³-hybridized carbons (Fsp3) is 0.286. The minimum Gasteiger partial charge on any atom is -0.476 e. The normalized spacial score (nSPS) is 10.9. The van der Waals surface area contributed by atoms with Gasteiger partial charge in [-0.1, -0.05) is 43.6 Å². The van der Waals surface area contributed by atoms with Crippen molar-refractivity contribution in [1.82, 2.24) is 9.55 Å². The molecule has 0 spiro atoms. The van der Waals surface area contributed by atoms with Crippen molar-refractivity contribution in [2.45, 2.75) is 20.4 Å². The van der Waals surface area contributed by atoms with Crippen LogP contribution in [0.3, 0.4) is 0 Å². The molecule has 1 heterocycles. The molecule has 100 valence electrons. The van der Waals surface area contributed by atoms with Gasteiger partial charge in [-0.05, 0) is 12.0 Å². The average Bonchev–Trinajstić information content (AvgIpc) is 2.72. The Bertz CT molecular complexity index is 605. The number of halogens is 1. The van der Waals surface area contributed by atoms with Crippen LogP contribution in [-0.2, 0) is 6.54 Å². The van der Waals surface area contributed by atoms with Crippen molar-refractivity contribution in [3.8, 4) is 11.3 Å². The van der Waals surface area contributed by atoms with E-state index in [1.807, 2.05) is 22.8 Å². The van der Waals surface area contributed by atoms with E-state index in [1.165, 1.54) is 0 Å². The smallest absolute Gasteiger partial charge is 0.356 e. The zero-order chi connectivity index (χ0) is 14.0. The molecule has 2 rings (SSSR count). The van der Waals surface area contributed by atoms with Crippen LogP contribution in [0.15, 0.2) is 30.6 Å².